The molecule has 5 rings (SSSR count). The maximum atomic E-state index is 12.8. The Bertz CT molecular complexity index is 1260. The first-order valence-corrected chi connectivity index (χ1v) is 11.4. The summed E-state index contributed by atoms with van der Waals surface area (Å²) in [5, 5.41) is 3.90. The number of nitrogens with zero attached hydrogens (tertiary/aromatic N) is 5. The number of thiazole rings is 1. The van der Waals surface area contributed by atoms with Crippen LogP contribution >= 0.6 is 11.3 Å². The zero-order valence-electron chi connectivity index (χ0n) is 18.1. The highest BCUT2D eigenvalue weighted by atomic mass is 32.1. The largest absolute Gasteiger partial charge is 0.354 e. The van der Waals surface area contributed by atoms with Crippen molar-refractivity contribution in [2.75, 3.05) is 43.4 Å². The second-order valence-corrected chi connectivity index (χ2v) is 9.10. The second-order valence-electron chi connectivity index (χ2n) is 8.07. The van der Waals surface area contributed by atoms with Gasteiger partial charge in [0.1, 0.15) is 22.8 Å². The Morgan fingerprint density at radius 1 is 1.00 bits per heavy atom. The predicted molar refractivity (Wildman–Crippen MR) is 129 cm³/mol. The third-order valence-corrected chi connectivity index (χ3v) is 6.71. The molecule has 32 heavy (non-hydrogen) atoms. The minimum atomic E-state index is -0.244. The fourth-order valence-corrected chi connectivity index (χ4v) is 4.80. The lowest BCUT2D eigenvalue weighted by Gasteiger charge is -2.33. The number of benzene rings is 2. The van der Waals surface area contributed by atoms with Gasteiger partial charge in [-0.15, -0.1) is 11.3 Å². The topological polar surface area (TPSA) is 74.2 Å². The Morgan fingerprint density at radius 2 is 1.78 bits per heavy atom. The summed E-state index contributed by atoms with van der Waals surface area (Å²) in [7, 11) is 2.11. The maximum Gasteiger partial charge on any atom is 0.274 e. The van der Waals surface area contributed by atoms with Gasteiger partial charge in [0.2, 0.25) is 0 Å². The second kappa shape index (κ2) is 8.64. The molecule has 1 aliphatic rings. The van der Waals surface area contributed by atoms with Crippen LogP contribution in [0.1, 0.15) is 16.1 Å². The van der Waals surface area contributed by atoms with Crippen LogP contribution in [0.4, 0.5) is 11.5 Å². The molecule has 8 heteroatoms. The first kappa shape index (κ1) is 20.5. The smallest absolute Gasteiger partial charge is 0.274 e. The van der Waals surface area contributed by atoms with Gasteiger partial charge in [0, 0.05) is 43.5 Å². The molecule has 4 aromatic rings. The Kier molecular flexibility index (Phi) is 5.55. The molecule has 1 fully saturated rings. The molecule has 0 spiro atoms. The van der Waals surface area contributed by atoms with Crippen LogP contribution in [0, 0.1) is 6.92 Å². The number of rotatable bonds is 4. The molecule has 7 nitrogen and oxygen atoms in total. The van der Waals surface area contributed by atoms with Gasteiger partial charge in [0.25, 0.3) is 5.91 Å². The third kappa shape index (κ3) is 4.32. The molecular formula is C24H24N6OS. The summed E-state index contributed by atoms with van der Waals surface area (Å²) >= 11 is 1.67. The van der Waals surface area contributed by atoms with Crippen LogP contribution in [-0.2, 0) is 0 Å². The predicted octanol–water partition coefficient (Wildman–Crippen LogP) is 4.07. The zero-order valence-corrected chi connectivity index (χ0v) is 18.9. The molecule has 0 unspecified atom stereocenters. The van der Waals surface area contributed by atoms with Crippen LogP contribution < -0.4 is 10.2 Å². The minimum Gasteiger partial charge on any atom is -0.354 e. The molecule has 3 heterocycles. The van der Waals surface area contributed by atoms with E-state index >= 15 is 0 Å². The highest BCUT2D eigenvalue weighted by molar-refractivity contribution is 7.21. The van der Waals surface area contributed by atoms with Gasteiger partial charge < -0.3 is 15.1 Å². The molecular weight excluding hydrogens is 420 g/mol. The molecule has 1 aliphatic heterocycles. The zero-order chi connectivity index (χ0) is 22.1. The van der Waals surface area contributed by atoms with E-state index in [0.717, 1.165) is 53.8 Å². The number of hydrogen-bond acceptors (Lipinski definition) is 7. The molecule has 0 bridgehead atoms. The van der Waals surface area contributed by atoms with Crippen LogP contribution in [0.15, 0.2) is 54.9 Å². The average molecular weight is 445 g/mol. The Morgan fingerprint density at radius 3 is 2.56 bits per heavy atom. The van der Waals surface area contributed by atoms with E-state index in [-0.39, 0.29) is 5.91 Å². The van der Waals surface area contributed by atoms with Crippen molar-refractivity contribution in [2.45, 2.75) is 6.92 Å². The van der Waals surface area contributed by atoms with Crippen molar-refractivity contribution < 1.29 is 4.79 Å². The van der Waals surface area contributed by atoms with Crippen molar-refractivity contribution in [1.82, 2.24) is 19.9 Å². The number of aryl methyl sites for hydroxylation is 1. The lowest BCUT2D eigenvalue weighted by Crippen LogP contribution is -2.44. The van der Waals surface area contributed by atoms with E-state index in [1.165, 1.54) is 16.6 Å². The van der Waals surface area contributed by atoms with Crippen molar-refractivity contribution in [3.8, 4) is 10.6 Å². The lowest BCUT2D eigenvalue weighted by molar-refractivity contribution is 0.102. The number of aromatic nitrogens is 3. The summed E-state index contributed by atoms with van der Waals surface area (Å²) in [4.78, 5) is 30.5. The van der Waals surface area contributed by atoms with Gasteiger partial charge in [0.05, 0.1) is 10.2 Å². The molecule has 162 valence electrons. The number of likely N-dealkylation sites (N-methyl/N-ethyl adjacent to an activating group) is 1. The fourth-order valence-electron chi connectivity index (χ4n) is 3.73. The first-order valence-electron chi connectivity index (χ1n) is 10.6. The quantitative estimate of drug-likeness (QED) is 0.512. The highest BCUT2D eigenvalue weighted by Crippen LogP contribution is 2.31. The number of anilines is 2. The van der Waals surface area contributed by atoms with Crippen LogP contribution in [-0.4, -0.2) is 59.0 Å². The number of carbonyl (C=O) groups is 1. The van der Waals surface area contributed by atoms with Crippen LogP contribution in [0.2, 0.25) is 0 Å². The number of hydrogen-bond donors (Lipinski definition) is 1. The van der Waals surface area contributed by atoms with Gasteiger partial charge in [-0.25, -0.2) is 15.0 Å². The lowest BCUT2D eigenvalue weighted by atomic mass is 10.2. The molecule has 2 aromatic heterocycles. The number of fused-ring (bicyclic) bond motifs is 1. The summed E-state index contributed by atoms with van der Waals surface area (Å²) in [5.74, 6) is 0.547. The molecule has 0 saturated carbocycles. The standard InChI is InChI=1S/C24H24N6OS/c1-16-3-8-19-21(13-16)32-24(28-19)17-4-6-18(7-5-17)27-23(31)20-14-22(26-15-25-20)30-11-9-29(2)10-12-30/h3-8,13-15H,9-12H2,1-2H3,(H,27,31). The Hall–Kier alpha value is -3.36. The summed E-state index contributed by atoms with van der Waals surface area (Å²) in [6.07, 6.45) is 1.46. The van der Waals surface area contributed by atoms with Crippen molar-refractivity contribution in [1.29, 1.82) is 0 Å². The molecule has 2 aromatic carbocycles. The normalized spacial score (nSPS) is 14.6. The number of nitrogens with one attached hydrogen (secondary N) is 1. The van der Waals surface area contributed by atoms with E-state index in [1.54, 1.807) is 17.4 Å². The highest BCUT2D eigenvalue weighted by Gasteiger charge is 2.17. The SMILES string of the molecule is Cc1ccc2nc(-c3ccc(NC(=O)c4cc(N5CCN(C)CC5)ncn4)cc3)sc2c1. The monoisotopic (exact) mass is 444 g/mol. The minimum absolute atomic E-state index is 0.244. The average Bonchev–Trinajstić information content (AvgIpc) is 3.23. The maximum absolute atomic E-state index is 12.8. The molecule has 0 aliphatic carbocycles. The molecule has 0 atom stereocenters. The van der Waals surface area contributed by atoms with Crippen molar-refractivity contribution >= 4 is 39.0 Å². The van der Waals surface area contributed by atoms with E-state index < -0.39 is 0 Å². The van der Waals surface area contributed by atoms with Gasteiger partial charge >= 0.3 is 0 Å². The molecule has 1 amide bonds. The fraction of sp³-hybridized carbons (Fsp3) is 0.250. The Labute approximate surface area is 190 Å². The first-order chi connectivity index (χ1) is 15.5. The van der Waals surface area contributed by atoms with E-state index in [4.69, 9.17) is 4.98 Å². The van der Waals surface area contributed by atoms with E-state index in [1.807, 2.05) is 24.3 Å². The van der Waals surface area contributed by atoms with Gasteiger partial charge in [-0.1, -0.05) is 6.07 Å². The summed E-state index contributed by atoms with van der Waals surface area (Å²) < 4.78 is 1.18. The van der Waals surface area contributed by atoms with Gasteiger partial charge in [-0.3, -0.25) is 4.79 Å². The summed E-state index contributed by atoms with van der Waals surface area (Å²) in [6, 6.07) is 15.8. The number of carbonyl (C=O) groups excluding carboxylic acids is 1. The van der Waals surface area contributed by atoms with Crippen molar-refractivity contribution in [2.24, 2.45) is 0 Å². The number of amides is 1. The van der Waals surface area contributed by atoms with E-state index in [9.17, 15) is 4.79 Å². The van der Waals surface area contributed by atoms with E-state index in [2.05, 4.69) is 57.3 Å². The van der Waals surface area contributed by atoms with Gasteiger partial charge in [-0.05, 0) is 55.9 Å². The van der Waals surface area contributed by atoms with Crippen LogP contribution in [0.5, 0.6) is 0 Å². The van der Waals surface area contributed by atoms with Crippen molar-refractivity contribution in [3.63, 3.8) is 0 Å². The third-order valence-electron chi connectivity index (χ3n) is 5.65. The summed E-state index contributed by atoms with van der Waals surface area (Å²) in [6.45, 7) is 5.82. The van der Waals surface area contributed by atoms with E-state index in [0.29, 0.717) is 5.69 Å². The summed E-state index contributed by atoms with van der Waals surface area (Å²) in [5.41, 5.74) is 4.34. The molecule has 0 radical (unpaired) electrons. The van der Waals surface area contributed by atoms with Crippen LogP contribution in [0.3, 0.4) is 0 Å². The van der Waals surface area contributed by atoms with Crippen molar-refractivity contribution in [3.05, 3.63) is 66.1 Å². The van der Waals surface area contributed by atoms with Gasteiger partial charge in [0.15, 0.2) is 0 Å². The molecule has 1 N–H and O–H groups in total. The molecule has 1 saturated heterocycles. The van der Waals surface area contributed by atoms with Crippen LogP contribution in [0.25, 0.3) is 20.8 Å². The van der Waals surface area contributed by atoms with Gasteiger partial charge in [-0.2, -0.15) is 0 Å². The Balaban J connectivity index is 1.29. The number of piperazine rings is 1.